The van der Waals surface area contributed by atoms with Crippen LogP contribution in [-0.2, 0) is 17.8 Å². The van der Waals surface area contributed by atoms with Crippen LogP contribution in [0.5, 0.6) is 0 Å². The van der Waals surface area contributed by atoms with Gasteiger partial charge in [0.25, 0.3) is 5.56 Å². The summed E-state index contributed by atoms with van der Waals surface area (Å²) in [6, 6.07) is 19.8. The fraction of sp³-hybridized carbons (Fsp3) is 0.367. The third-order valence-electron chi connectivity index (χ3n) is 7.60. The third kappa shape index (κ3) is 4.76. The highest BCUT2D eigenvalue weighted by molar-refractivity contribution is 6.09. The van der Waals surface area contributed by atoms with Crippen molar-refractivity contribution < 1.29 is 4.74 Å². The second-order valence-corrected chi connectivity index (χ2v) is 9.99. The predicted octanol–water partition coefficient (Wildman–Crippen LogP) is 5.17. The average Bonchev–Trinajstić information content (AvgIpc) is 2.90. The van der Waals surface area contributed by atoms with Crippen molar-refractivity contribution in [3.63, 3.8) is 0 Å². The first-order valence-corrected chi connectivity index (χ1v) is 12.9. The van der Waals surface area contributed by atoms with Crippen LogP contribution in [0.4, 0.5) is 0 Å². The van der Waals surface area contributed by atoms with Crippen LogP contribution < -0.4 is 5.56 Å². The molecular weight excluding hydrogens is 434 g/mol. The van der Waals surface area contributed by atoms with E-state index in [1.165, 1.54) is 41.3 Å². The van der Waals surface area contributed by atoms with Crippen LogP contribution in [0.15, 0.2) is 65.6 Å². The number of piperidine rings is 1. The Bertz CT molecular complexity index is 1380. The zero-order valence-corrected chi connectivity index (χ0v) is 20.3. The average molecular weight is 468 g/mol. The van der Waals surface area contributed by atoms with Crippen LogP contribution in [-0.4, -0.2) is 54.2 Å². The summed E-state index contributed by atoms with van der Waals surface area (Å²) in [6.45, 7) is 7.84. The van der Waals surface area contributed by atoms with Crippen molar-refractivity contribution in [3.8, 4) is 11.1 Å². The maximum atomic E-state index is 12.9. The summed E-state index contributed by atoms with van der Waals surface area (Å²) in [5, 5.41) is 4.04. The minimum atomic E-state index is -0.0185. The molecule has 2 saturated heterocycles. The van der Waals surface area contributed by atoms with Crippen molar-refractivity contribution in [2.45, 2.75) is 32.4 Å². The van der Waals surface area contributed by atoms with Crippen LogP contribution in [0.25, 0.3) is 32.7 Å². The summed E-state index contributed by atoms with van der Waals surface area (Å²) in [4.78, 5) is 20.8. The molecule has 5 heteroatoms. The lowest BCUT2D eigenvalue weighted by atomic mass is 9.94. The van der Waals surface area contributed by atoms with Crippen LogP contribution in [0, 0.1) is 0 Å². The zero-order valence-electron chi connectivity index (χ0n) is 20.3. The monoisotopic (exact) mass is 467 g/mol. The quantitative estimate of drug-likeness (QED) is 0.412. The number of benzene rings is 3. The van der Waals surface area contributed by atoms with E-state index in [-0.39, 0.29) is 5.56 Å². The first-order valence-electron chi connectivity index (χ1n) is 12.9. The molecule has 2 aliphatic heterocycles. The molecule has 4 aromatic rings. The number of likely N-dealkylation sites (tertiary alicyclic amines) is 1. The van der Waals surface area contributed by atoms with E-state index in [4.69, 9.17) is 4.74 Å². The van der Waals surface area contributed by atoms with Crippen molar-refractivity contribution in [2.24, 2.45) is 0 Å². The van der Waals surface area contributed by atoms with Crippen molar-refractivity contribution >= 4 is 21.5 Å². The minimum absolute atomic E-state index is 0.0185. The number of aromatic nitrogens is 1. The molecule has 0 amide bonds. The van der Waals surface area contributed by atoms with Crippen LogP contribution in [0.2, 0.25) is 0 Å². The number of nitrogens with zero attached hydrogens (tertiary/aromatic N) is 2. The summed E-state index contributed by atoms with van der Waals surface area (Å²) in [5.41, 5.74) is 4.94. The van der Waals surface area contributed by atoms with Crippen LogP contribution >= 0.6 is 0 Å². The van der Waals surface area contributed by atoms with Crippen LogP contribution in [0.1, 0.15) is 30.4 Å². The second kappa shape index (κ2) is 9.94. The molecule has 0 spiro atoms. The molecule has 0 saturated carbocycles. The van der Waals surface area contributed by atoms with E-state index in [1.807, 2.05) is 6.07 Å². The number of hydrogen-bond acceptors (Lipinski definition) is 4. The van der Waals surface area contributed by atoms with Gasteiger partial charge < -0.3 is 9.72 Å². The Balaban J connectivity index is 1.37. The molecule has 3 aromatic carbocycles. The molecule has 180 valence electrons. The molecule has 3 heterocycles. The van der Waals surface area contributed by atoms with Gasteiger partial charge in [-0.3, -0.25) is 14.6 Å². The lowest BCUT2D eigenvalue weighted by Crippen LogP contribution is -2.35. The zero-order chi connectivity index (χ0) is 23.6. The van der Waals surface area contributed by atoms with E-state index in [2.05, 4.69) is 63.3 Å². The maximum absolute atomic E-state index is 12.9. The molecular formula is C30H33N3O2. The summed E-state index contributed by atoms with van der Waals surface area (Å²) in [5.74, 6) is 0. The largest absolute Gasteiger partial charge is 0.379 e. The second-order valence-electron chi connectivity index (χ2n) is 9.99. The standard InChI is InChI=1S/C30H33N3O2/c34-30-29-25(10-11-31-30)18-26(21-32-12-2-1-3-13-32)27-9-8-24(19-28(27)29)23-6-4-22(5-7-23)20-33-14-16-35-17-15-33/h4-11,18-19H,1-3,12-17,20-21H2,(H,31,34). The van der Waals surface area contributed by atoms with Crippen LogP contribution in [0.3, 0.4) is 0 Å². The lowest BCUT2D eigenvalue weighted by molar-refractivity contribution is 0.0342. The molecule has 5 nitrogen and oxygen atoms in total. The van der Waals surface area contributed by atoms with Gasteiger partial charge in [0.1, 0.15) is 0 Å². The Morgan fingerprint density at radius 1 is 0.743 bits per heavy atom. The summed E-state index contributed by atoms with van der Waals surface area (Å²) in [6.07, 6.45) is 5.64. The Kier molecular flexibility index (Phi) is 6.38. The number of ether oxygens (including phenoxy) is 1. The SMILES string of the molecule is O=c1[nH]ccc2cc(CN3CCCCC3)c3ccc(-c4ccc(CN5CCOCC5)cc4)cc3c12. The van der Waals surface area contributed by atoms with Gasteiger partial charge in [-0.05, 0) is 82.5 Å². The molecule has 1 N–H and O–H groups in total. The number of nitrogens with one attached hydrogen (secondary N) is 1. The number of morpholine rings is 1. The van der Waals surface area contributed by atoms with Gasteiger partial charge in [0.15, 0.2) is 0 Å². The normalized spacial score (nSPS) is 17.8. The highest BCUT2D eigenvalue weighted by Gasteiger charge is 2.16. The van der Waals surface area contributed by atoms with Crippen molar-refractivity contribution in [1.82, 2.24) is 14.8 Å². The Labute approximate surface area is 206 Å². The molecule has 35 heavy (non-hydrogen) atoms. The lowest BCUT2D eigenvalue weighted by Gasteiger charge is -2.27. The molecule has 0 aliphatic carbocycles. The molecule has 0 bridgehead atoms. The topological polar surface area (TPSA) is 48.6 Å². The smallest absolute Gasteiger partial charge is 0.256 e. The first kappa shape index (κ1) is 22.5. The third-order valence-corrected chi connectivity index (χ3v) is 7.60. The van der Waals surface area contributed by atoms with Gasteiger partial charge in [-0.2, -0.15) is 0 Å². The molecule has 2 aliphatic rings. The molecule has 0 atom stereocenters. The summed E-state index contributed by atoms with van der Waals surface area (Å²) >= 11 is 0. The van der Waals surface area contributed by atoms with Gasteiger partial charge in [-0.15, -0.1) is 0 Å². The number of H-pyrrole nitrogens is 1. The summed E-state index contributed by atoms with van der Waals surface area (Å²) < 4.78 is 5.47. The maximum Gasteiger partial charge on any atom is 0.256 e. The highest BCUT2D eigenvalue weighted by Crippen LogP contribution is 2.32. The Hall–Kier alpha value is -2.99. The van der Waals surface area contributed by atoms with Gasteiger partial charge in [-0.25, -0.2) is 0 Å². The van der Waals surface area contributed by atoms with Gasteiger partial charge in [0.2, 0.25) is 0 Å². The van der Waals surface area contributed by atoms with Gasteiger partial charge in [0, 0.05) is 32.4 Å². The number of pyridine rings is 1. The van der Waals surface area contributed by atoms with Gasteiger partial charge in [0.05, 0.1) is 18.6 Å². The Morgan fingerprint density at radius 3 is 2.29 bits per heavy atom. The predicted molar refractivity (Wildman–Crippen MR) is 143 cm³/mol. The number of rotatable bonds is 5. The fourth-order valence-corrected chi connectivity index (χ4v) is 5.68. The Morgan fingerprint density at radius 2 is 1.49 bits per heavy atom. The molecule has 6 rings (SSSR count). The van der Waals surface area contributed by atoms with Crippen molar-refractivity contribution in [1.29, 1.82) is 0 Å². The molecule has 1 aromatic heterocycles. The van der Waals surface area contributed by atoms with E-state index in [0.717, 1.165) is 74.2 Å². The van der Waals surface area contributed by atoms with E-state index in [0.29, 0.717) is 0 Å². The van der Waals surface area contributed by atoms with E-state index >= 15 is 0 Å². The van der Waals surface area contributed by atoms with Crippen molar-refractivity contribution in [3.05, 3.63) is 82.3 Å². The first-order chi connectivity index (χ1) is 17.2. The number of hydrogen-bond donors (Lipinski definition) is 1. The number of aromatic amines is 1. The highest BCUT2D eigenvalue weighted by atomic mass is 16.5. The van der Waals surface area contributed by atoms with Crippen molar-refractivity contribution in [2.75, 3.05) is 39.4 Å². The van der Waals surface area contributed by atoms with E-state index < -0.39 is 0 Å². The minimum Gasteiger partial charge on any atom is -0.379 e. The van der Waals surface area contributed by atoms with Gasteiger partial charge >= 0.3 is 0 Å². The molecule has 0 radical (unpaired) electrons. The molecule has 0 unspecified atom stereocenters. The summed E-state index contributed by atoms with van der Waals surface area (Å²) in [7, 11) is 0. The van der Waals surface area contributed by atoms with Gasteiger partial charge in [-0.1, -0.05) is 42.8 Å². The fourth-order valence-electron chi connectivity index (χ4n) is 5.68. The van der Waals surface area contributed by atoms with E-state index in [9.17, 15) is 4.79 Å². The molecule has 2 fully saturated rings. The number of fused-ring (bicyclic) bond motifs is 3. The van der Waals surface area contributed by atoms with E-state index in [1.54, 1.807) is 6.20 Å².